The first-order valence-electron chi connectivity index (χ1n) is 9.35. The molecule has 0 fully saturated rings. The van der Waals surface area contributed by atoms with Crippen molar-refractivity contribution in [1.82, 2.24) is 9.97 Å². The van der Waals surface area contributed by atoms with Gasteiger partial charge in [0.1, 0.15) is 30.7 Å². The Hall–Kier alpha value is -3.28. The maximum atomic E-state index is 5.65. The molecular formula is C22H24N4O2. The number of aryl methyl sites for hydroxylation is 4. The molecular weight excluding hydrogens is 352 g/mol. The van der Waals surface area contributed by atoms with Crippen molar-refractivity contribution < 1.29 is 9.47 Å². The predicted octanol–water partition coefficient (Wildman–Crippen LogP) is 4.97. The number of aromatic nitrogens is 2. The maximum absolute atomic E-state index is 5.65. The summed E-state index contributed by atoms with van der Waals surface area (Å²) in [5.74, 6) is 3.67. The first-order chi connectivity index (χ1) is 13.5. The van der Waals surface area contributed by atoms with Crippen molar-refractivity contribution >= 4 is 23.0 Å². The monoisotopic (exact) mass is 376 g/mol. The van der Waals surface area contributed by atoms with Crippen LogP contribution in [0.25, 0.3) is 0 Å². The summed E-state index contributed by atoms with van der Waals surface area (Å²) in [5, 5.41) is 6.78. The summed E-state index contributed by atoms with van der Waals surface area (Å²) < 4.78 is 11.2. The van der Waals surface area contributed by atoms with Crippen LogP contribution in [-0.4, -0.2) is 23.2 Å². The molecule has 1 aromatic heterocycles. The number of hydrogen-bond donors (Lipinski definition) is 2. The second-order valence-corrected chi connectivity index (χ2v) is 7.07. The molecule has 2 heterocycles. The number of anilines is 4. The van der Waals surface area contributed by atoms with Gasteiger partial charge in [0.05, 0.1) is 0 Å². The molecule has 0 saturated carbocycles. The maximum Gasteiger partial charge on any atom is 0.163 e. The Morgan fingerprint density at radius 3 is 2.11 bits per heavy atom. The summed E-state index contributed by atoms with van der Waals surface area (Å²) in [6, 6.07) is 12.0. The third-order valence-electron chi connectivity index (χ3n) is 4.58. The molecule has 28 heavy (non-hydrogen) atoms. The smallest absolute Gasteiger partial charge is 0.163 e. The Labute approximate surface area is 164 Å². The van der Waals surface area contributed by atoms with Crippen molar-refractivity contribution in [2.45, 2.75) is 27.7 Å². The highest BCUT2D eigenvalue weighted by atomic mass is 16.6. The van der Waals surface area contributed by atoms with Gasteiger partial charge in [-0.05, 0) is 51.0 Å². The Bertz CT molecular complexity index is 1010. The first kappa shape index (κ1) is 18.1. The van der Waals surface area contributed by atoms with Crippen molar-refractivity contribution in [3.05, 3.63) is 58.9 Å². The second kappa shape index (κ2) is 7.38. The zero-order chi connectivity index (χ0) is 19.7. The number of benzene rings is 2. The third kappa shape index (κ3) is 3.86. The van der Waals surface area contributed by atoms with Crippen molar-refractivity contribution in [2.24, 2.45) is 0 Å². The Balaban J connectivity index is 1.59. The Morgan fingerprint density at radius 2 is 1.39 bits per heavy atom. The van der Waals surface area contributed by atoms with E-state index in [0.29, 0.717) is 24.9 Å². The molecule has 0 saturated heterocycles. The lowest BCUT2D eigenvalue weighted by Gasteiger charge is -2.19. The van der Waals surface area contributed by atoms with Crippen LogP contribution in [0, 0.1) is 27.7 Å². The molecule has 0 radical (unpaired) electrons. The number of fused-ring (bicyclic) bond motifs is 1. The number of nitrogens with zero attached hydrogens (tertiary/aromatic N) is 2. The summed E-state index contributed by atoms with van der Waals surface area (Å²) in [7, 11) is 0. The fourth-order valence-electron chi connectivity index (χ4n) is 3.47. The molecule has 0 atom stereocenters. The molecule has 1 aliphatic rings. The summed E-state index contributed by atoms with van der Waals surface area (Å²) in [5.41, 5.74) is 5.59. The zero-order valence-corrected chi connectivity index (χ0v) is 16.6. The molecule has 0 bridgehead atoms. The van der Waals surface area contributed by atoms with Crippen LogP contribution in [-0.2, 0) is 0 Å². The predicted molar refractivity (Wildman–Crippen MR) is 111 cm³/mol. The molecule has 6 nitrogen and oxygen atoms in total. The third-order valence-corrected chi connectivity index (χ3v) is 4.58. The fourth-order valence-corrected chi connectivity index (χ4v) is 3.47. The average molecular weight is 376 g/mol. The van der Waals surface area contributed by atoms with E-state index in [1.807, 2.05) is 31.2 Å². The SMILES string of the molecule is Cc1cc(C)c(Nc2cc(Nc3ccc4c(c3)OCCO4)nc(C)n2)c(C)c1. The van der Waals surface area contributed by atoms with Gasteiger partial charge in [-0.3, -0.25) is 0 Å². The fraction of sp³-hybridized carbons (Fsp3) is 0.273. The summed E-state index contributed by atoms with van der Waals surface area (Å²) in [6.07, 6.45) is 0. The van der Waals surface area contributed by atoms with E-state index >= 15 is 0 Å². The van der Waals surface area contributed by atoms with Gasteiger partial charge in [0.25, 0.3) is 0 Å². The molecule has 2 aromatic carbocycles. The first-order valence-corrected chi connectivity index (χ1v) is 9.35. The van der Waals surface area contributed by atoms with E-state index in [0.717, 1.165) is 28.7 Å². The van der Waals surface area contributed by atoms with Gasteiger partial charge >= 0.3 is 0 Å². The van der Waals surface area contributed by atoms with Gasteiger partial charge in [-0.1, -0.05) is 17.7 Å². The lowest BCUT2D eigenvalue weighted by Crippen LogP contribution is -2.15. The highest BCUT2D eigenvalue weighted by molar-refractivity contribution is 5.68. The lowest BCUT2D eigenvalue weighted by molar-refractivity contribution is 0.171. The molecule has 144 valence electrons. The van der Waals surface area contributed by atoms with Crippen molar-refractivity contribution in [2.75, 3.05) is 23.8 Å². The van der Waals surface area contributed by atoms with Gasteiger partial charge in [-0.25, -0.2) is 9.97 Å². The van der Waals surface area contributed by atoms with Crippen molar-refractivity contribution in [1.29, 1.82) is 0 Å². The van der Waals surface area contributed by atoms with Crippen molar-refractivity contribution in [3.8, 4) is 11.5 Å². The van der Waals surface area contributed by atoms with Crippen LogP contribution in [0.4, 0.5) is 23.0 Å². The van der Waals surface area contributed by atoms with Crippen LogP contribution >= 0.6 is 0 Å². The molecule has 0 aliphatic carbocycles. The molecule has 0 amide bonds. The van der Waals surface area contributed by atoms with Crippen molar-refractivity contribution in [3.63, 3.8) is 0 Å². The van der Waals surface area contributed by atoms with E-state index < -0.39 is 0 Å². The van der Waals surface area contributed by atoms with E-state index in [1.165, 1.54) is 16.7 Å². The lowest BCUT2D eigenvalue weighted by atomic mass is 10.1. The number of hydrogen-bond acceptors (Lipinski definition) is 6. The minimum Gasteiger partial charge on any atom is -0.486 e. The summed E-state index contributed by atoms with van der Waals surface area (Å²) >= 11 is 0. The van der Waals surface area contributed by atoms with Crippen LogP contribution in [0.1, 0.15) is 22.5 Å². The molecule has 6 heteroatoms. The van der Waals surface area contributed by atoms with Gasteiger partial charge in [0.2, 0.25) is 0 Å². The van der Waals surface area contributed by atoms with E-state index in [-0.39, 0.29) is 0 Å². The number of nitrogens with one attached hydrogen (secondary N) is 2. The van der Waals surface area contributed by atoms with Gasteiger partial charge in [-0.15, -0.1) is 0 Å². The minimum absolute atomic E-state index is 0.562. The van der Waals surface area contributed by atoms with Gasteiger partial charge in [0.15, 0.2) is 11.5 Å². The molecule has 4 rings (SSSR count). The molecule has 0 unspecified atom stereocenters. The van der Waals surface area contributed by atoms with Gasteiger partial charge < -0.3 is 20.1 Å². The van der Waals surface area contributed by atoms with E-state index in [2.05, 4.69) is 53.5 Å². The van der Waals surface area contributed by atoms with Crippen LogP contribution in [0.15, 0.2) is 36.4 Å². The van der Waals surface area contributed by atoms with Crippen LogP contribution in [0.2, 0.25) is 0 Å². The van der Waals surface area contributed by atoms with E-state index in [9.17, 15) is 0 Å². The van der Waals surface area contributed by atoms with Crippen LogP contribution < -0.4 is 20.1 Å². The molecule has 0 spiro atoms. The topological polar surface area (TPSA) is 68.3 Å². The molecule has 3 aromatic rings. The van der Waals surface area contributed by atoms with Gasteiger partial charge in [-0.2, -0.15) is 0 Å². The number of rotatable bonds is 4. The quantitative estimate of drug-likeness (QED) is 0.670. The van der Waals surface area contributed by atoms with E-state index in [1.54, 1.807) is 0 Å². The highest BCUT2D eigenvalue weighted by Crippen LogP contribution is 2.34. The minimum atomic E-state index is 0.562. The van der Waals surface area contributed by atoms with Crippen LogP contribution in [0.5, 0.6) is 11.5 Å². The number of ether oxygens (including phenoxy) is 2. The second-order valence-electron chi connectivity index (χ2n) is 7.07. The van der Waals surface area contributed by atoms with Crippen LogP contribution in [0.3, 0.4) is 0 Å². The Morgan fingerprint density at radius 1 is 0.750 bits per heavy atom. The molecule has 1 aliphatic heterocycles. The standard InChI is InChI=1S/C22H24N4O2/c1-13-9-14(2)22(15(3)10-13)26-21-12-20(23-16(4)24-21)25-17-5-6-18-19(11-17)28-8-7-27-18/h5-6,9-12H,7-8H2,1-4H3,(H2,23,24,25,26). The highest BCUT2D eigenvalue weighted by Gasteiger charge is 2.13. The normalized spacial score (nSPS) is 12.6. The zero-order valence-electron chi connectivity index (χ0n) is 16.6. The van der Waals surface area contributed by atoms with E-state index in [4.69, 9.17) is 9.47 Å². The van der Waals surface area contributed by atoms with Gasteiger partial charge in [0, 0.05) is 23.5 Å². The average Bonchev–Trinajstić information content (AvgIpc) is 2.64. The molecule has 2 N–H and O–H groups in total. The summed E-state index contributed by atoms with van der Waals surface area (Å²) in [6.45, 7) is 9.34. The Kier molecular flexibility index (Phi) is 4.77. The largest absolute Gasteiger partial charge is 0.486 e. The summed E-state index contributed by atoms with van der Waals surface area (Å²) in [4.78, 5) is 9.05.